The molecule has 1 aromatic rings. The number of nitrogens with two attached hydrogens (primary N) is 1. The second-order valence-electron chi connectivity index (χ2n) is 4.97. The highest BCUT2D eigenvalue weighted by atomic mass is 35.5. The normalized spacial score (nSPS) is 10.9. The second kappa shape index (κ2) is 10.3. The summed E-state index contributed by atoms with van der Waals surface area (Å²) < 4.78 is 0. The summed E-state index contributed by atoms with van der Waals surface area (Å²) in [5.74, 6) is 1.30. The monoisotopic (exact) mass is 350 g/mol. The van der Waals surface area contributed by atoms with Gasteiger partial charge in [-0.3, -0.25) is 4.79 Å². The van der Waals surface area contributed by atoms with Crippen molar-refractivity contribution in [3.63, 3.8) is 0 Å². The minimum absolute atomic E-state index is 0. The summed E-state index contributed by atoms with van der Waals surface area (Å²) in [5, 5.41) is 3.65. The molecule has 0 aliphatic heterocycles. The molecule has 120 valence electrons. The molecule has 0 aromatic heterocycles. The van der Waals surface area contributed by atoms with Crippen molar-refractivity contribution >= 4 is 41.7 Å². The number of rotatable bonds is 8. The molecule has 0 aliphatic carbocycles. The lowest BCUT2D eigenvalue weighted by Crippen LogP contribution is -2.49. The maximum absolute atomic E-state index is 11.8. The highest BCUT2D eigenvalue weighted by molar-refractivity contribution is 7.99. The largest absolute Gasteiger partial charge is 0.354 e. The number of hydrogen-bond acceptors (Lipinski definition) is 3. The Morgan fingerprint density at radius 2 is 1.86 bits per heavy atom. The van der Waals surface area contributed by atoms with Gasteiger partial charge >= 0.3 is 0 Å². The summed E-state index contributed by atoms with van der Waals surface area (Å²) in [6.07, 6.45) is 1.73. The summed E-state index contributed by atoms with van der Waals surface area (Å²) >= 11 is 7.41. The number of thioether (sulfide) groups is 1. The first-order valence-corrected chi connectivity index (χ1v) is 8.40. The maximum atomic E-state index is 11.8. The van der Waals surface area contributed by atoms with E-state index in [2.05, 4.69) is 5.32 Å². The lowest BCUT2D eigenvalue weighted by atomic mass is 9.94. The summed E-state index contributed by atoms with van der Waals surface area (Å²) in [5.41, 5.74) is 7.03. The predicted molar refractivity (Wildman–Crippen MR) is 95.4 cm³/mol. The van der Waals surface area contributed by atoms with Gasteiger partial charge in [-0.15, -0.1) is 24.2 Å². The van der Waals surface area contributed by atoms with Crippen LogP contribution < -0.4 is 11.1 Å². The van der Waals surface area contributed by atoms with E-state index >= 15 is 0 Å². The van der Waals surface area contributed by atoms with E-state index in [1.165, 1.54) is 5.56 Å². The molecule has 1 aromatic carbocycles. The topological polar surface area (TPSA) is 55.1 Å². The number of carbonyl (C=O) groups excluding carboxylic acids is 1. The zero-order valence-electron chi connectivity index (χ0n) is 12.5. The third kappa shape index (κ3) is 7.96. The third-order valence-electron chi connectivity index (χ3n) is 3.46. The van der Waals surface area contributed by atoms with Gasteiger partial charge in [0.15, 0.2) is 0 Å². The Labute approximate surface area is 142 Å². The van der Waals surface area contributed by atoms with E-state index in [9.17, 15) is 4.79 Å². The number of nitrogens with one attached hydrogen (secondary N) is 1. The van der Waals surface area contributed by atoms with Crippen molar-refractivity contribution in [3.05, 3.63) is 34.9 Å². The molecule has 0 unspecified atom stereocenters. The van der Waals surface area contributed by atoms with Crippen LogP contribution in [-0.2, 0) is 10.5 Å². The molecule has 1 rings (SSSR count). The zero-order chi connectivity index (χ0) is 15.0. The van der Waals surface area contributed by atoms with Gasteiger partial charge in [0, 0.05) is 22.9 Å². The summed E-state index contributed by atoms with van der Waals surface area (Å²) in [6.45, 7) is 4.64. The van der Waals surface area contributed by atoms with E-state index in [1.807, 2.05) is 38.1 Å². The van der Waals surface area contributed by atoms with Crippen LogP contribution in [0.2, 0.25) is 5.02 Å². The van der Waals surface area contributed by atoms with Crippen LogP contribution in [0.3, 0.4) is 0 Å². The Hall–Kier alpha value is -0.420. The van der Waals surface area contributed by atoms with Crippen LogP contribution in [0.25, 0.3) is 0 Å². The quantitative estimate of drug-likeness (QED) is 0.752. The number of amides is 1. The molecule has 0 aliphatic rings. The smallest absolute Gasteiger partial charge is 0.230 e. The fourth-order valence-corrected chi connectivity index (χ4v) is 2.61. The molecule has 0 saturated carbocycles. The van der Waals surface area contributed by atoms with E-state index in [4.69, 9.17) is 17.3 Å². The SMILES string of the molecule is CCC(N)(CC)CNC(=O)CSCc1ccc(Cl)cc1.Cl. The minimum atomic E-state index is -0.281. The van der Waals surface area contributed by atoms with Crippen LogP contribution in [0, 0.1) is 0 Å². The standard InChI is InChI=1S/C15H23ClN2OS.ClH/c1-3-15(17,4-2)11-18-14(19)10-20-9-12-5-7-13(16)8-6-12;/h5-8H,3-4,9-11,17H2,1-2H3,(H,18,19);1H. The average molecular weight is 351 g/mol. The fraction of sp³-hybridized carbons (Fsp3) is 0.533. The number of carbonyl (C=O) groups is 1. The van der Waals surface area contributed by atoms with Crippen LogP contribution in [0.4, 0.5) is 0 Å². The molecule has 6 heteroatoms. The molecular formula is C15H24Cl2N2OS. The van der Waals surface area contributed by atoms with Crippen molar-refractivity contribution in [1.82, 2.24) is 5.32 Å². The van der Waals surface area contributed by atoms with E-state index in [0.717, 1.165) is 23.6 Å². The van der Waals surface area contributed by atoms with Gasteiger partial charge in [-0.1, -0.05) is 37.6 Å². The molecule has 0 fully saturated rings. The first-order valence-electron chi connectivity index (χ1n) is 6.87. The Kier molecular flexibility index (Phi) is 10.1. The fourth-order valence-electron chi connectivity index (χ4n) is 1.67. The Balaban J connectivity index is 0.00000400. The van der Waals surface area contributed by atoms with Crippen molar-refractivity contribution < 1.29 is 4.79 Å². The van der Waals surface area contributed by atoms with Gasteiger partial charge in [0.25, 0.3) is 0 Å². The Morgan fingerprint density at radius 1 is 1.29 bits per heavy atom. The van der Waals surface area contributed by atoms with E-state index < -0.39 is 0 Å². The molecule has 3 nitrogen and oxygen atoms in total. The van der Waals surface area contributed by atoms with Crippen molar-refractivity contribution in [2.75, 3.05) is 12.3 Å². The van der Waals surface area contributed by atoms with Crippen molar-refractivity contribution in [2.24, 2.45) is 5.73 Å². The third-order valence-corrected chi connectivity index (χ3v) is 4.72. The van der Waals surface area contributed by atoms with Gasteiger partial charge in [-0.25, -0.2) is 0 Å². The molecule has 0 atom stereocenters. The minimum Gasteiger partial charge on any atom is -0.354 e. The van der Waals surface area contributed by atoms with Crippen LogP contribution in [0.5, 0.6) is 0 Å². The van der Waals surface area contributed by atoms with Gasteiger partial charge in [0.1, 0.15) is 0 Å². The average Bonchev–Trinajstić information content (AvgIpc) is 2.47. The Morgan fingerprint density at radius 3 is 2.38 bits per heavy atom. The lowest BCUT2D eigenvalue weighted by Gasteiger charge is -2.26. The Bertz CT molecular complexity index is 422. The first-order chi connectivity index (χ1) is 9.49. The summed E-state index contributed by atoms with van der Waals surface area (Å²) in [4.78, 5) is 11.8. The molecule has 3 N–H and O–H groups in total. The second-order valence-corrected chi connectivity index (χ2v) is 6.39. The molecule has 0 saturated heterocycles. The molecular weight excluding hydrogens is 327 g/mol. The van der Waals surface area contributed by atoms with Gasteiger partial charge in [-0.05, 0) is 30.5 Å². The van der Waals surface area contributed by atoms with Crippen LogP contribution >= 0.6 is 35.8 Å². The van der Waals surface area contributed by atoms with Crippen LogP contribution in [-0.4, -0.2) is 23.7 Å². The van der Waals surface area contributed by atoms with Crippen molar-refractivity contribution in [2.45, 2.75) is 38.0 Å². The van der Waals surface area contributed by atoms with Crippen molar-refractivity contribution in [1.29, 1.82) is 0 Å². The molecule has 21 heavy (non-hydrogen) atoms. The van der Waals surface area contributed by atoms with E-state index in [1.54, 1.807) is 11.8 Å². The molecule has 0 spiro atoms. The van der Waals surface area contributed by atoms with E-state index in [0.29, 0.717) is 12.3 Å². The van der Waals surface area contributed by atoms with Crippen LogP contribution in [0.1, 0.15) is 32.3 Å². The predicted octanol–water partition coefficient (Wildman–Crippen LogP) is 3.63. The number of halogens is 2. The first kappa shape index (κ1) is 20.6. The maximum Gasteiger partial charge on any atom is 0.230 e. The number of hydrogen-bond donors (Lipinski definition) is 2. The summed E-state index contributed by atoms with van der Waals surface area (Å²) in [7, 11) is 0. The number of benzene rings is 1. The molecule has 0 bridgehead atoms. The van der Waals surface area contributed by atoms with Crippen molar-refractivity contribution in [3.8, 4) is 0 Å². The molecule has 0 heterocycles. The zero-order valence-corrected chi connectivity index (χ0v) is 14.9. The van der Waals surface area contributed by atoms with E-state index in [-0.39, 0.29) is 23.9 Å². The van der Waals surface area contributed by atoms with Gasteiger partial charge in [0.2, 0.25) is 5.91 Å². The highest BCUT2D eigenvalue weighted by Gasteiger charge is 2.20. The van der Waals surface area contributed by atoms with Gasteiger partial charge in [0.05, 0.1) is 5.75 Å². The molecule has 0 radical (unpaired) electrons. The highest BCUT2D eigenvalue weighted by Crippen LogP contribution is 2.15. The van der Waals surface area contributed by atoms with Gasteiger partial charge < -0.3 is 11.1 Å². The van der Waals surface area contributed by atoms with Gasteiger partial charge in [-0.2, -0.15) is 0 Å². The molecule has 1 amide bonds. The summed E-state index contributed by atoms with van der Waals surface area (Å²) in [6, 6.07) is 7.68. The van der Waals surface area contributed by atoms with Crippen LogP contribution in [0.15, 0.2) is 24.3 Å². The lowest BCUT2D eigenvalue weighted by molar-refractivity contribution is -0.118.